The Kier molecular flexibility index (Phi) is 3.71. The Bertz CT molecular complexity index is 532. The Labute approximate surface area is 108 Å². The summed E-state index contributed by atoms with van der Waals surface area (Å²) in [6, 6.07) is 8.19. The summed E-state index contributed by atoms with van der Waals surface area (Å²) in [4.78, 5) is 0. The number of aromatic nitrogens is 2. The molecule has 1 heterocycles. The van der Waals surface area contributed by atoms with Crippen molar-refractivity contribution in [2.45, 2.75) is 45.1 Å². The molecule has 2 aromatic rings. The summed E-state index contributed by atoms with van der Waals surface area (Å²) in [6.07, 6.45) is 3.23. The van der Waals surface area contributed by atoms with Gasteiger partial charge in [-0.3, -0.25) is 4.68 Å². The number of hydrogen-bond donors (Lipinski definition) is 1. The fourth-order valence-electron chi connectivity index (χ4n) is 2.59. The van der Waals surface area contributed by atoms with Crippen molar-refractivity contribution >= 4 is 10.9 Å². The summed E-state index contributed by atoms with van der Waals surface area (Å²) in [5, 5.41) is 16.3. The zero-order chi connectivity index (χ0) is 13.2. The number of aryl methyl sites for hydroxylation is 1. The average molecular weight is 246 g/mol. The number of benzene rings is 1. The van der Waals surface area contributed by atoms with Gasteiger partial charge < -0.3 is 5.11 Å². The van der Waals surface area contributed by atoms with Gasteiger partial charge in [0, 0.05) is 18.9 Å². The van der Waals surface area contributed by atoms with Crippen LogP contribution in [0.15, 0.2) is 24.3 Å². The average Bonchev–Trinajstić information content (AvgIpc) is 2.67. The molecule has 0 radical (unpaired) electrons. The first-order valence-electron chi connectivity index (χ1n) is 6.72. The van der Waals surface area contributed by atoms with Crippen LogP contribution in [0.5, 0.6) is 0 Å². The minimum atomic E-state index is -0.619. The molecule has 3 heteroatoms. The van der Waals surface area contributed by atoms with E-state index >= 15 is 0 Å². The molecule has 1 N–H and O–H groups in total. The zero-order valence-electron chi connectivity index (χ0n) is 11.5. The van der Waals surface area contributed by atoms with Gasteiger partial charge in [0.2, 0.25) is 0 Å². The maximum Gasteiger partial charge on any atom is 0.0731 e. The molecule has 1 aromatic heterocycles. The van der Waals surface area contributed by atoms with Gasteiger partial charge >= 0.3 is 0 Å². The quantitative estimate of drug-likeness (QED) is 0.880. The Morgan fingerprint density at radius 3 is 2.67 bits per heavy atom. The molecule has 0 aliphatic rings. The third-order valence-electron chi connectivity index (χ3n) is 3.70. The Hall–Kier alpha value is -1.35. The SMILES string of the molecule is CCCC(O)(CC)Cc1nn(C)c2ccccc12. The fourth-order valence-corrected chi connectivity index (χ4v) is 2.59. The summed E-state index contributed by atoms with van der Waals surface area (Å²) in [5.41, 5.74) is 1.51. The van der Waals surface area contributed by atoms with E-state index in [1.165, 1.54) is 0 Å². The topological polar surface area (TPSA) is 38.1 Å². The summed E-state index contributed by atoms with van der Waals surface area (Å²) >= 11 is 0. The van der Waals surface area contributed by atoms with Crippen LogP contribution in [0.3, 0.4) is 0 Å². The Morgan fingerprint density at radius 2 is 2.00 bits per heavy atom. The van der Waals surface area contributed by atoms with Crippen molar-refractivity contribution in [3.05, 3.63) is 30.0 Å². The molecule has 0 aliphatic heterocycles. The van der Waals surface area contributed by atoms with E-state index in [9.17, 15) is 5.11 Å². The molecule has 0 spiro atoms. The fraction of sp³-hybridized carbons (Fsp3) is 0.533. The van der Waals surface area contributed by atoms with Gasteiger partial charge in [-0.25, -0.2) is 0 Å². The van der Waals surface area contributed by atoms with Gasteiger partial charge in [0.15, 0.2) is 0 Å². The monoisotopic (exact) mass is 246 g/mol. The van der Waals surface area contributed by atoms with Crippen molar-refractivity contribution < 1.29 is 5.11 Å². The van der Waals surface area contributed by atoms with Crippen LogP contribution < -0.4 is 0 Å². The molecule has 0 saturated carbocycles. The molecule has 18 heavy (non-hydrogen) atoms. The van der Waals surface area contributed by atoms with E-state index in [1.54, 1.807) is 0 Å². The van der Waals surface area contributed by atoms with Crippen molar-refractivity contribution in [2.75, 3.05) is 0 Å². The molecule has 0 aliphatic carbocycles. The van der Waals surface area contributed by atoms with Gasteiger partial charge in [-0.2, -0.15) is 5.10 Å². The van der Waals surface area contributed by atoms with E-state index in [-0.39, 0.29) is 0 Å². The van der Waals surface area contributed by atoms with Crippen LogP contribution >= 0.6 is 0 Å². The third kappa shape index (κ3) is 2.41. The van der Waals surface area contributed by atoms with Crippen LogP contribution in [-0.4, -0.2) is 20.5 Å². The zero-order valence-corrected chi connectivity index (χ0v) is 11.5. The highest BCUT2D eigenvalue weighted by molar-refractivity contribution is 5.81. The van der Waals surface area contributed by atoms with Crippen LogP contribution in [0.4, 0.5) is 0 Å². The van der Waals surface area contributed by atoms with Crippen LogP contribution in [-0.2, 0) is 13.5 Å². The molecular formula is C15H22N2O. The molecule has 98 valence electrons. The van der Waals surface area contributed by atoms with Gasteiger partial charge in [0.25, 0.3) is 0 Å². The number of para-hydroxylation sites is 1. The van der Waals surface area contributed by atoms with Crippen LogP contribution in [0.2, 0.25) is 0 Å². The molecule has 1 unspecified atom stereocenters. The van der Waals surface area contributed by atoms with Gasteiger partial charge in [0.1, 0.15) is 0 Å². The smallest absolute Gasteiger partial charge is 0.0731 e. The van der Waals surface area contributed by atoms with Crippen molar-refractivity contribution in [3.8, 4) is 0 Å². The second-order valence-corrected chi connectivity index (χ2v) is 5.09. The van der Waals surface area contributed by atoms with Crippen molar-refractivity contribution in [1.82, 2.24) is 9.78 Å². The van der Waals surface area contributed by atoms with Crippen molar-refractivity contribution in [3.63, 3.8) is 0 Å². The molecule has 1 atom stereocenters. The standard InChI is InChI=1S/C15H22N2O/c1-4-10-15(18,5-2)11-13-12-8-6-7-9-14(12)17(3)16-13/h6-9,18H,4-5,10-11H2,1-3H3. The second-order valence-electron chi connectivity index (χ2n) is 5.09. The molecule has 0 amide bonds. The van der Waals surface area contributed by atoms with E-state index < -0.39 is 5.60 Å². The highest BCUT2D eigenvalue weighted by Crippen LogP contribution is 2.26. The molecular weight excluding hydrogens is 224 g/mol. The van der Waals surface area contributed by atoms with Gasteiger partial charge in [0.05, 0.1) is 16.8 Å². The lowest BCUT2D eigenvalue weighted by molar-refractivity contribution is 0.0263. The number of fused-ring (bicyclic) bond motifs is 1. The first kappa shape index (κ1) is 13.1. The largest absolute Gasteiger partial charge is 0.389 e. The van der Waals surface area contributed by atoms with Crippen molar-refractivity contribution in [1.29, 1.82) is 0 Å². The van der Waals surface area contributed by atoms with Crippen LogP contribution in [0.25, 0.3) is 10.9 Å². The van der Waals surface area contributed by atoms with E-state index in [0.29, 0.717) is 6.42 Å². The van der Waals surface area contributed by atoms with E-state index in [4.69, 9.17) is 0 Å². The number of hydrogen-bond acceptors (Lipinski definition) is 2. The van der Waals surface area contributed by atoms with Crippen LogP contribution in [0.1, 0.15) is 38.8 Å². The Morgan fingerprint density at radius 1 is 1.28 bits per heavy atom. The second kappa shape index (κ2) is 5.11. The van der Waals surface area contributed by atoms with Crippen molar-refractivity contribution in [2.24, 2.45) is 7.05 Å². The lowest BCUT2D eigenvalue weighted by Crippen LogP contribution is -2.30. The first-order chi connectivity index (χ1) is 8.59. The molecule has 2 rings (SSSR count). The number of rotatable bonds is 5. The predicted molar refractivity (Wildman–Crippen MR) is 74.6 cm³/mol. The lowest BCUT2D eigenvalue weighted by atomic mass is 9.89. The summed E-state index contributed by atoms with van der Waals surface area (Å²) in [6.45, 7) is 4.15. The van der Waals surface area contributed by atoms with Crippen LogP contribution in [0, 0.1) is 0 Å². The summed E-state index contributed by atoms with van der Waals surface area (Å²) in [7, 11) is 1.96. The highest BCUT2D eigenvalue weighted by Gasteiger charge is 2.26. The maximum absolute atomic E-state index is 10.6. The van der Waals surface area contributed by atoms with E-state index in [0.717, 1.165) is 35.9 Å². The van der Waals surface area contributed by atoms with Gasteiger partial charge in [-0.15, -0.1) is 0 Å². The maximum atomic E-state index is 10.6. The summed E-state index contributed by atoms with van der Waals surface area (Å²) < 4.78 is 1.90. The minimum Gasteiger partial charge on any atom is -0.389 e. The number of nitrogens with zero attached hydrogens (tertiary/aromatic N) is 2. The normalized spacial score (nSPS) is 14.9. The molecule has 3 nitrogen and oxygen atoms in total. The lowest BCUT2D eigenvalue weighted by Gasteiger charge is -2.25. The first-order valence-corrected chi connectivity index (χ1v) is 6.72. The summed E-state index contributed by atoms with van der Waals surface area (Å²) in [5.74, 6) is 0. The minimum absolute atomic E-state index is 0.619. The van der Waals surface area contributed by atoms with Gasteiger partial charge in [-0.1, -0.05) is 38.5 Å². The highest BCUT2D eigenvalue weighted by atomic mass is 16.3. The third-order valence-corrected chi connectivity index (χ3v) is 3.70. The molecule has 1 aromatic carbocycles. The Balaban J connectivity index is 2.37. The van der Waals surface area contributed by atoms with E-state index in [2.05, 4.69) is 24.2 Å². The predicted octanol–water partition coefficient (Wildman–Crippen LogP) is 3.06. The molecule has 0 fully saturated rings. The van der Waals surface area contributed by atoms with E-state index in [1.807, 2.05) is 30.8 Å². The molecule has 0 saturated heterocycles. The molecule has 0 bridgehead atoms. The number of aliphatic hydroxyl groups is 1. The van der Waals surface area contributed by atoms with Gasteiger partial charge in [-0.05, 0) is 18.9 Å².